The van der Waals surface area contributed by atoms with E-state index in [0.717, 1.165) is 83.7 Å². The van der Waals surface area contributed by atoms with Gasteiger partial charge in [0.1, 0.15) is 0 Å². The number of hydrogen-bond donors (Lipinski definition) is 1. The van der Waals surface area contributed by atoms with Crippen molar-refractivity contribution in [2.75, 3.05) is 26.3 Å². The van der Waals surface area contributed by atoms with Gasteiger partial charge in [0.05, 0.1) is 12.2 Å². The van der Waals surface area contributed by atoms with Gasteiger partial charge in [0, 0.05) is 24.7 Å². The first-order valence-electron chi connectivity index (χ1n) is 13.2. The van der Waals surface area contributed by atoms with Gasteiger partial charge in [-0.1, -0.05) is 54.1 Å². The third kappa shape index (κ3) is 6.14. The molecular weight excluding hydrogens is 520 g/mol. The Morgan fingerprint density at radius 1 is 1.03 bits per heavy atom. The number of aryl methyl sites for hydroxylation is 2. The van der Waals surface area contributed by atoms with Gasteiger partial charge in [-0.25, -0.2) is 4.79 Å². The lowest BCUT2D eigenvalue weighted by Gasteiger charge is -2.39. The summed E-state index contributed by atoms with van der Waals surface area (Å²) in [6.45, 7) is 4.72. The smallest absolute Gasteiger partial charge is 0.335 e. The quantitative estimate of drug-likeness (QED) is 0.308. The van der Waals surface area contributed by atoms with E-state index in [-0.39, 0.29) is 19.1 Å². The normalized spacial score (nSPS) is 15.9. The number of aromatic carboxylic acids is 1. The topological polar surface area (TPSA) is 40.5 Å². The molecule has 2 aliphatic rings. The Morgan fingerprint density at radius 2 is 1.76 bits per heavy atom. The van der Waals surface area contributed by atoms with Gasteiger partial charge < -0.3 is 10.0 Å². The van der Waals surface area contributed by atoms with Crippen LogP contribution in [0.1, 0.15) is 63.0 Å². The van der Waals surface area contributed by atoms with Crippen molar-refractivity contribution in [2.45, 2.75) is 39.0 Å². The molecule has 3 aromatic carbocycles. The van der Waals surface area contributed by atoms with Crippen molar-refractivity contribution in [1.82, 2.24) is 4.90 Å². The summed E-state index contributed by atoms with van der Waals surface area (Å²) < 4.78 is 12.4. The summed E-state index contributed by atoms with van der Waals surface area (Å²) in [6.07, 6.45) is 4.33. The van der Waals surface area contributed by atoms with Gasteiger partial charge in [-0.3, -0.25) is 4.39 Å². The van der Waals surface area contributed by atoms with Gasteiger partial charge in [-0.2, -0.15) is 0 Å². The fraction of sp³-hybridized carbons (Fsp3) is 0.344. The maximum atomic E-state index is 12.4. The number of alkyl halides is 1. The molecule has 0 spiro atoms. The number of rotatable bonds is 8. The molecule has 1 N–H and O–H groups in total. The van der Waals surface area contributed by atoms with Gasteiger partial charge in [0.25, 0.3) is 0 Å². The van der Waals surface area contributed by atoms with Crippen molar-refractivity contribution in [3.63, 3.8) is 0 Å². The third-order valence-corrected chi connectivity index (χ3v) is 8.13. The molecule has 0 saturated carbocycles. The number of likely N-dealkylation sites (tertiary alicyclic amines) is 1. The molecule has 1 fully saturated rings. The van der Waals surface area contributed by atoms with Crippen LogP contribution in [0, 0.1) is 12.8 Å². The molecule has 5 rings (SSSR count). The Bertz CT molecular complexity index is 1330. The molecule has 6 heteroatoms. The predicted molar refractivity (Wildman–Crippen MR) is 156 cm³/mol. The highest BCUT2D eigenvalue weighted by Crippen LogP contribution is 2.41. The number of carbonyl (C=O) groups is 1. The van der Waals surface area contributed by atoms with E-state index in [2.05, 4.69) is 47.4 Å². The zero-order chi connectivity index (χ0) is 25.9. The largest absolute Gasteiger partial charge is 0.478 e. The van der Waals surface area contributed by atoms with Gasteiger partial charge in [0.2, 0.25) is 0 Å². The lowest BCUT2D eigenvalue weighted by molar-refractivity contribution is 0.0696. The molecule has 0 radical (unpaired) electrons. The molecule has 0 amide bonds. The molecule has 0 bridgehead atoms. The van der Waals surface area contributed by atoms with E-state index in [0.29, 0.717) is 17.9 Å². The predicted octanol–water partition coefficient (Wildman–Crippen LogP) is 7.90. The minimum atomic E-state index is -0.897. The van der Waals surface area contributed by atoms with Crippen molar-refractivity contribution in [1.29, 1.82) is 0 Å². The number of benzene rings is 3. The van der Waals surface area contributed by atoms with Crippen molar-refractivity contribution in [3.8, 4) is 0 Å². The summed E-state index contributed by atoms with van der Waals surface area (Å²) in [5.41, 5.74) is 9.55. The van der Waals surface area contributed by atoms with Crippen LogP contribution in [0.5, 0.6) is 0 Å². The minimum absolute atomic E-state index is 0. The minimum Gasteiger partial charge on any atom is -0.478 e. The van der Waals surface area contributed by atoms with Crippen LogP contribution in [0.25, 0.3) is 11.1 Å². The molecule has 200 valence electrons. The Balaban J connectivity index is 0.00000336. The van der Waals surface area contributed by atoms with Crippen LogP contribution in [0.15, 0.2) is 60.7 Å². The fourth-order valence-electron chi connectivity index (χ4n) is 5.73. The summed E-state index contributed by atoms with van der Waals surface area (Å²) in [4.78, 5) is 14.0. The lowest BCUT2D eigenvalue weighted by Crippen LogP contribution is -2.47. The first-order valence-corrected chi connectivity index (χ1v) is 13.5. The van der Waals surface area contributed by atoms with Crippen LogP contribution >= 0.6 is 24.0 Å². The second kappa shape index (κ2) is 12.5. The van der Waals surface area contributed by atoms with Crippen LogP contribution in [0.3, 0.4) is 0 Å². The van der Waals surface area contributed by atoms with Crippen LogP contribution in [0.2, 0.25) is 5.02 Å². The number of nitrogens with zero attached hydrogens (tertiary/aromatic N) is 1. The number of carboxylic acids is 1. The molecule has 1 aliphatic carbocycles. The summed E-state index contributed by atoms with van der Waals surface area (Å²) >= 11 is 6.54. The average molecular weight is 555 g/mol. The highest BCUT2D eigenvalue weighted by molar-refractivity contribution is 6.31. The molecule has 1 saturated heterocycles. The summed E-state index contributed by atoms with van der Waals surface area (Å²) in [5, 5.41) is 10.3. The molecule has 3 aromatic rings. The zero-order valence-electron chi connectivity index (χ0n) is 21.7. The summed E-state index contributed by atoms with van der Waals surface area (Å²) in [5.74, 6) is -0.269. The van der Waals surface area contributed by atoms with Crippen molar-refractivity contribution >= 4 is 41.1 Å². The molecule has 0 aromatic heterocycles. The molecule has 38 heavy (non-hydrogen) atoms. The van der Waals surface area contributed by atoms with Crippen LogP contribution in [0.4, 0.5) is 4.39 Å². The lowest BCUT2D eigenvalue weighted by atomic mass is 9.86. The fourth-order valence-corrected chi connectivity index (χ4v) is 5.91. The SMILES string of the molecule is Cc1ccc(C2=C(c3ccc(CC4CN(CCCF)C4)cc3)c3ccc(C(=O)O)cc3CCC2)cc1Cl.Cl. The molecule has 0 atom stereocenters. The van der Waals surface area contributed by atoms with Gasteiger partial charge in [-0.05, 0) is 108 Å². The maximum Gasteiger partial charge on any atom is 0.335 e. The van der Waals surface area contributed by atoms with E-state index in [9.17, 15) is 14.3 Å². The highest BCUT2D eigenvalue weighted by Gasteiger charge is 2.26. The van der Waals surface area contributed by atoms with Gasteiger partial charge in [-0.15, -0.1) is 12.4 Å². The van der Waals surface area contributed by atoms with E-state index in [1.165, 1.54) is 11.1 Å². The number of carboxylic acid groups (broad SMARTS) is 1. The maximum absolute atomic E-state index is 12.4. The van der Waals surface area contributed by atoms with Gasteiger partial charge in [0.15, 0.2) is 0 Å². The Labute approximate surface area is 235 Å². The Morgan fingerprint density at radius 3 is 2.45 bits per heavy atom. The summed E-state index contributed by atoms with van der Waals surface area (Å²) in [6, 6.07) is 20.7. The van der Waals surface area contributed by atoms with E-state index < -0.39 is 5.97 Å². The molecule has 0 unspecified atom stereocenters. The third-order valence-electron chi connectivity index (χ3n) is 7.72. The second-order valence-corrected chi connectivity index (χ2v) is 10.8. The average Bonchev–Trinajstić information content (AvgIpc) is 3.06. The van der Waals surface area contributed by atoms with Gasteiger partial charge >= 0.3 is 5.97 Å². The van der Waals surface area contributed by atoms with Crippen LogP contribution < -0.4 is 0 Å². The molecule has 1 aliphatic heterocycles. The van der Waals surface area contributed by atoms with E-state index in [4.69, 9.17) is 11.6 Å². The van der Waals surface area contributed by atoms with Crippen LogP contribution in [-0.4, -0.2) is 42.3 Å². The Kier molecular flexibility index (Phi) is 9.30. The van der Waals surface area contributed by atoms with E-state index in [1.807, 2.05) is 19.1 Å². The molecule has 1 heterocycles. The number of allylic oxidation sites excluding steroid dienone is 1. The number of hydrogen-bond acceptors (Lipinski definition) is 2. The molecular formula is C32H34Cl2FNO2. The van der Waals surface area contributed by atoms with Crippen molar-refractivity contribution < 1.29 is 14.3 Å². The molecule has 3 nitrogen and oxygen atoms in total. The second-order valence-electron chi connectivity index (χ2n) is 10.4. The zero-order valence-corrected chi connectivity index (χ0v) is 23.3. The highest BCUT2D eigenvalue weighted by atomic mass is 35.5. The summed E-state index contributed by atoms with van der Waals surface area (Å²) in [7, 11) is 0. The monoisotopic (exact) mass is 553 g/mol. The van der Waals surface area contributed by atoms with Crippen molar-refractivity contribution in [3.05, 3.63) is 105 Å². The van der Waals surface area contributed by atoms with E-state index in [1.54, 1.807) is 6.07 Å². The van der Waals surface area contributed by atoms with E-state index >= 15 is 0 Å². The first kappa shape index (κ1) is 28.4. The number of halogens is 3. The first-order chi connectivity index (χ1) is 17.9. The van der Waals surface area contributed by atoms with Crippen LogP contribution in [-0.2, 0) is 12.8 Å². The van der Waals surface area contributed by atoms with Crippen molar-refractivity contribution in [2.24, 2.45) is 5.92 Å². The number of fused-ring (bicyclic) bond motifs is 1. The standard InChI is InChI=1S/C32H33ClFNO2.ClH/c1-21-6-9-26(18-30(21)33)28-5-2-4-25-17-27(32(36)37)12-13-29(25)31(28)24-10-7-22(8-11-24)16-23-19-35(20-23)15-3-14-34;/h6-13,17-18,23H,2-5,14-16,19-20H2,1H3,(H,36,37);1H. The Hall–Kier alpha value is -2.66.